The predicted octanol–water partition coefficient (Wildman–Crippen LogP) is 1.91. The van der Waals surface area contributed by atoms with Gasteiger partial charge in [0.05, 0.1) is 0 Å². The molecule has 2 rings (SSSR count). The van der Waals surface area contributed by atoms with E-state index >= 15 is 0 Å². The maximum atomic E-state index is 12.1. The highest BCUT2D eigenvalue weighted by Gasteiger charge is 2.38. The van der Waals surface area contributed by atoms with Gasteiger partial charge in [0.25, 0.3) is 5.91 Å². The summed E-state index contributed by atoms with van der Waals surface area (Å²) < 4.78 is 0. The molecule has 0 unspecified atom stereocenters. The maximum Gasteiger partial charge on any atom is 0.256 e. The van der Waals surface area contributed by atoms with E-state index in [1.807, 2.05) is 0 Å². The number of carbonyl (C=O) groups excluding carboxylic acids is 2. The summed E-state index contributed by atoms with van der Waals surface area (Å²) in [5.74, 6) is -0.444. The predicted molar refractivity (Wildman–Crippen MR) is 77.6 cm³/mol. The number of hydrogen-bond acceptors (Lipinski definition) is 3. The van der Waals surface area contributed by atoms with Crippen LogP contribution < -0.4 is 10.2 Å². The van der Waals surface area contributed by atoms with E-state index in [1.165, 1.54) is 11.8 Å². The standard InChI is InChI=1S/C15H20N2O3/c1-11(18)17(2)13-7-5-6-12(10-13)16-14(19)15(20)8-3-4-9-15/h5-7,10,20H,3-4,8-9H2,1-2H3,(H,16,19). The highest BCUT2D eigenvalue weighted by atomic mass is 16.3. The van der Waals surface area contributed by atoms with Gasteiger partial charge in [-0.05, 0) is 43.9 Å². The van der Waals surface area contributed by atoms with Gasteiger partial charge in [-0.3, -0.25) is 9.59 Å². The number of carbonyl (C=O) groups is 2. The largest absolute Gasteiger partial charge is 0.380 e. The summed E-state index contributed by atoms with van der Waals surface area (Å²) >= 11 is 0. The van der Waals surface area contributed by atoms with Crippen molar-refractivity contribution in [3.63, 3.8) is 0 Å². The van der Waals surface area contributed by atoms with E-state index in [0.717, 1.165) is 12.8 Å². The molecule has 5 heteroatoms. The molecule has 2 amide bonds. The van der Waals surface area contributed by atoms with Crippen molar-refractivity contribution in [1.82, 2.24) is 0 Å². The third kappa shape index (κ3) is 2.99. The fourth-order valence-electron chi connectivity index (χ4n) is 2.41. The average Bonchev–Trinajstić information content (AvgIpc) is 2.86. The van der Waals surface area contributed by atoms with Gasteiger partial charge in [0.2, 0.25) is 5.91 Å². The second kappa shape index (κ2) is 5.63. The van der Waals surface area contributed by atoms with Crippen LogP contribution in [-0.4, -0.2) is 29.6 Å². The molecule has 1 aromatic rings. The lowest BCUT2D eigenvalue weighted by atomic mass is 10.0. The van der Waals surface area contributed by atoms with E-state index in [0.29, 0.717) is 24.2 Å². The van der Waals surface area contributed by atoms with Gasteiger partial charge in [0.1, 0.15) is 5.60 Å². The van der Waals surface area contributed by atoms with Crippen LogP contribution in [0.2, 0.25) is 0 Å². The number of hydrogen-bond donors (Lipinski definition) is 2. The van der Waals surface area contributed by atoms with E-state index in [1.54, 1.807) is 31.3 Å². The quantitative estimate of drug-likeness (QED) is 0.886. The van der Waals surface area contributed by atoms with Crippen molar-refractivity contribution in [3.05, 3.63) is 24.3 Å². The monoisotopic (exact) mass is 276 g/mol. The molecule has 108 valence electrons. The van der Waals surface area contributed by atoms with Crippen LogP contribution in [0.1, 0.15) is 32.6 Å². The van der Waals surface area contributed by atoms with Crippen LogP contribution in [0.5, 0.6) is 0 Å². The van der Waals surface area contributed by atoms with Crippen molar-refractivity contribution in [3.8, 4) is 0 Å². The SMILES string of the molecule is CC(=O)N(C)c1cccc(NC(=O)C2(O)CCCC2)c1. The first-order valence-corrected chi connectivity index (χ1v) is 6.80. The van der Waals surface area contributed by atoms with Gasteiger partial charge in [-0.1, -0.05) is 6.07 Å². The Hall–Kier alpha value is -1.88. The Morgan fingerprint density at radius 3 is 2.55 bits per heavy atom. The van der Waals surface area contributed by atoms with Crippen LogP contribution >= 0.6 is 0 Å². The second-order valence-electron chi connectivity index (χ2n) is 5.32. The summed E-state index contributed by atoms with van der Waals surface area (Å²) in [7, 11) is 1.67. The lowest BCUT2D eigenvalue weighted by Gasteiger charge is -2.22. The lowest BCUT2D eigenvalue weighted by Crippen LogP contribution is -2.40. The number of nitrogens with zero attached hydrogens (tertiary/aromatic N) is 1. The van der Waals surface area contributed by atoms with Crippen molar-refractivity contribution in [2.75, 3.05) is 17.3 Å². The Labute approximate surface area is 118 Å². The zero-order valence-corrected chi connectivity index (χ0v) is 11.8. The second-order valence-corrected chi connectivity index (χ2v) is 5.32. The van der Waals surface area contributed by atoms with Crippen LogP contribution in [0.4, 0.5) is 11.4 Å². The minimum absolute atomic E-state index is 0.0807. The maximum absolute atomic E-state index is 12.1. The highest BCUT2D eigenvalue weighted by molar-refractivity contribution is 5.98. The normalized spacial score (nSPS) is 16.8. The zero-order valence-electron chi connectivity index (χ0n) is 11.8. The first-order chi connectivity index (χ1) is 9.42. The van der Waals surface area contributed by atoms with Crippen LogP contribution in [0.3, 0.4) is 0 Å². The van der Waals surface area contributed by atoms with Gasteiger partial charge >= 0.3 is 0 Å². The minimum atomic E-state index is -1.25. The summed E-state index contributed by atoms with van der Waals surface area (Å²) in [6.07, 6.45) is 2.76. The molecule has 5 nitrogen and oxygen atoms in total. The smallest absolute Gasteiger partial charge is 0.256 e. The molecule has 1 saturated carbocycles. The van der Waals surface area contributed by atoms with Crippen LogP contribution in [-0.2, 0) is 9.59 Å². The van der Waals surface area contributed by atoms with Gasteiger partial charge in [0.15, 0.2) is 0 Å². The van der Waals surface area contributed by atoms with Gasteiger partial charge in [-0.25, -0.2) is 0 Å². The Bertz CT molecular complexity index is 522. The van der Waals surface area contributed by atoms with Crippen molar-refractivity contribution in [2.45, 2.75) is 38.2 Å². The minimum Gasteiger partial charge on any atom is -0.380 e. The van der Waals surface area contributed by atoms with E-state index < -0.39 is 5.60 Å². The van der Waals surface area contributed by atoms with Crippen LogP contribution in [0.15, 0.2) is 24.3 Å². The molecule has 0 spiro atoms. The zero-order chi connectivity index (χ0) is 14.8. The number of aliphatic hydroxyl groups is 1. The molecule has 20 heavy (non-hydrogen) atoms. The number of amides is 2. The molecule has 1 fully saturated rings. The molecular formula is C15H20N2O3. The molecule has 0 aliphatic heterocycles. The Morgan fingerprint density at radius 1 is 1.30 bits per heavy atom. The molecule has 2 N–H and O–H groups in total. The molecule has 0 saturated heterocycles. The van der Waals surface area contributed by atoms with Crippen LogP contribution in [0.25, 0.3) is 0 Å². The fraction of sp³-hybridized carbons (Fsp3) is 0.467. The third-order valence-corrected chi connectivity index (χ3v) is 3.82. The molecular weight excluding hydrogens is 256 g/mol. The van der Waals surface area contributed by atoms with E-state index in [9.17, 15) is 14.7 Å². The molecule has 1 aliphatic rings. The summed E-state index contributed by atoms with van der Waals surface area (Å²) in [6.45, 7) is 1.48. The first-order valence-electron chi connectivity index (χ1n) is 6.80. The Morgan fingerprint density at radius 2 is 1.95 bits per heavy atom. The number of nitrogens with one attached hydrogen (secondary N) is 1. The Balaban J connectivity index is 2.12. The topological polar surface area (TPSA) is 69.6 Å². The van der Waals surface area contributed by atoms with E-state index in [2.05, 4.69) is 5.32 Å². The van der Waals surface area contributed by atoms with Crippen molar-refractivity contribution < 1.29 is 14.7 Å². The molecule has 0 radical (unpaired) electrons. The summed E-state index contributed by atoms with van der Waals surface area (Å²) in [4.78, 5) is 24.9. The molecule has 1 aliphatic carbocycles. The molecule has 0 bridgehead atoms. The number of benzene rings is 1. The molecule has 0 heterocycles. The van der Waals surface area contributed by atoms with Crippen LogP contribution in [0, 0.1) is 0 Å². The van der Waals surface area contributed by atoms with Crippen molar-refractivity contribution in [2.24, 2.45) is 0 Å². The number of rotatable bonds is 3. The summed E-state index contributed by atoms with van der Waals surface area (Å²) in [5.41, 5.74) is 0.0392. The summed E-state index contributed by atoms with van der Waals surface area (Å²) in [5, 5.41) is 12.9. The van der Waals surface area contributed by atoms with Gasteiger partial charge in [-0.2, -0.15) is 0 Å². The van der Waals surface area contributed by atoms with Crippen molar-refractivity contribution in [1.29, 1.82) is 0 Å². The Kier molecular flexibility index (Phi) is 4.09. The summed E-state index contributed by atoms with van der Waals surface area (Å²) in [6, 6.07) is 7.02. The molecule has 0 atom stereocenters. The van der Waals surface area contributed by atoms with E-state index in [4.69, 9.17) is 0 Å². The molecule has 1 aromatic carbocycles. The molecule has 0 aromatic heterocycles. The average molecular weight is 276 g/mol. The lowest BCUT2D eigenvalue weighted by molar-refractivity contribution is -0.133. The highest BCUT2D eigenvalue weighted by Crippen LogP contribution is 2.31. The third-order valence-electron chi connectivity index (χ3n) is 3.82. The van der Waals surface area contributed by atoms with E-state index in [-0.39, 0.29) is 11.8 Å². The van der Waals surface area contributed by atoms with Gasteiger partial charge in [0, 0.05) is 25.3 Å². The van der Waals surface area contributed by atoms with Gasteiger partial charge < -0.3 is 15.3 Å². The van der Waals surface area contributed by atoms with Gasteiger partial charge in [-0.15, -0.1) is 0 Å². The fourth-order valence-corrected chi connectivity index (χ4v) is 2.41. The number of anilines is 2. The first kappa shape index (κ1) is 14.5. The van der Waals surface area contributed by atoms with Crippen molar-refractivity contribution >= 4 is 23.2 Å².